The Morgan fingerprint density at radius 2 is 1.93 bits per heavy atom. The Bertz CT molecular complexity index is 162. The van der Waals surface area contributed by atoms with Crippen molar-refractivity contribution < 1.29 is 4.79 Å². The van der Waals surface area contributed by atoms with Gasteiger partial charge in [0.25, 0.3) is 0 Å². The Hall–Kier alpha value is -0.610. The smallest absolute Gasteiger partial charge is 0.233 e. The van der Waals surface area contributed by atoms with E-state index >= 15 is 0 Å². The van der Waals surface area contributed by atoms with Crippen molar-refractivity contribution in [1.29, 1.82) is 0 Å². The summed E-state index contributed by atoms with van der Waals surface area (Å²) in [7, 11) is 0. The molecule has 0 aliphatic rings. The summed E-state index contributed by atoms with van der Waals surface area (Å²) in [6, 6.07) is 0. The molecule has 0 aromatic rings. The van der Waals surface area contributed by atoms with Crippen LogP contribution in [0.3, 0.4) is 0 Å². The van der Waals surface area contributed by atoms with Crippen LogP contribution in [0, 0.1) is 0 Å². The minimum Gasteiger partial charge on any atom is -0.355 e. The van der Waals surface area contributed by atoms with E-state index in [1.54, 1.807) is 0 Å². The summed E-state index contributed by atoms with van der Waals surface area (Å²) in [5, 5.41) is 5.90. The minimum atomic E-state index is 0.0797. The number of hydrogen-bond acceptors (Lipinski definition) is 3. The highest BCUT2D eigenvalue weighted by atomic mass is 16.1. The second-order valence-electron chi connectivity index (χ2n) is 3.56. The maximum Gasteiger partial charge on any atom is 0.233 e. The lowest BCUT2D eigenvalue weighted by Crippen LogP contribution is -2.38. The molecule has 0 aromatic heterocycles. The van der Waals surface area contributed by atoms with Gasteiger partial charge in [-0.15, -0.1) is 0 Å². The van der Waals surface area contributed by atoms with Gasteiger partial charge in [-0.25, -0.2) is 0 Å². The van der Waals surface area contributed by atoms with E-state index in [1.807, 2.05) is 6.92 Å². The Kier molecular flexibility index (Phi) is 9.52. The topological polar surface area (TPSA) is 44.4 Å². The molecular formula is C11H25N3O. The number of carbonyl (C=O) groups is 1. The molecule has 0 aliphatic heterocycles. The summed E-state index contributed by atoms with van der Waals surface area (Å²) in [5.74, 6) is 0.0797. The zero-order valence-corrected chi connectivity index (χ0v) is 10.3. The lowest BCUT2D eigenvalue weighted by atomic mass is 10.4. The average molecular weight is 215 g/mol. The molecule has 0 aliphatic carbocycles. The maximum atomic E-state index is 11.1. The summed E-state index contributed by atoms with van der Waals surface area (Å²) in [5.41, 5.74) is 0. The minimum absolute atomic E-state index is 0.0797. The molecule has 1 amide bonds. The van der Waals surface area contributed by atoms with Gasteiger partial charge in [0.1, 0.15) is 0 Å². The molecule has 0 heterocycles. The Labute approximate surface area is 93.4 Å². The molecule has 0 bridgehead atoms. The second kappa shape index (κ2) is 9.93. The molecule has 0 radical (unpaired) electrons. The normalized spacial score (nSPS) is 10.7. The molecule has 0 fully saturated rings. The highest BCUT2D eigenvalue weighted by Gasteiger charge is 2.01. The van der Waals surface area contributed by atoms with Crippen LogP contribution < -0.4 is 10.6 Å². The molecule has 2 N–H and O–H groups in total. The molecule has 0 rings (SSSR count). The fraction of sp³-hybridized carbons (Fsp3) is 0.909. The molecule has 4 nitrogen and oxygen atoms in total. The van der Waals surface area contributed by atoms with Crippen molar-refractivity contribution in [2.45, 2.75) is 27.2 Å². The zero-order valence-electron chi connectivity index (χ0n) is 10.3. The predicted octanol–water partition coefficient (Wildman–Crippen LogP) is 0.444. The van der Waals surface area contributed by atoms with Gasteiger partial charge in [-0.3, -0.25) is 4.79 Å². The van der Waals surface area contributed by atoms with Crippen LogP contribution in [0.1, 0.15) is 27.2 Å². The molecule has 0 atom stereocenters. The van der Waals surface area contributed by atoms with Crippen LogP contribution in [-0.2, 0) is 4.79 Å². The fourth-order valence-corrected chi connectivity index (χ4v) is 1.44. The van der Waals surface area contributed by atoms with E-state index in [4.69, 9.17) is 0 Å². The molecule has 15 heavy (non-hydrogen) atoms. The molecule has 0 aromatic carbocycles. The van der Waals surface area contributed by atoms with Crippen molar-refractivity contribution in [2.75, 3.05) is 39.3 Å². The van der Waals surface area contributed by atoms with E-state index in [1.165, 1.54) is 6.42 Å². The van der Waals surface area contributed by atoms with Gasteiger partial charge in [0, 0.05) is 19.6 Å². The summed E-state index contributed by atoms with van der Waals surface area (Å²) in [4.78, 5) is 13.5. The van der Waals surface area contributed by atoms with E-state index in [0.29, 0.717) is 13.1 Å². The third kappa shape index (κ3) is 8.39. The van der Waals surface area contributed by atoms with Crippen molar-refractivity contribution in [2.24, 2.45) is 0 Å². The largest absolute Gasteiger partial charge is 0.355 e. The zero-order chi connectivity index (χ0) is 11.5. The molecule has 90 valence electrons. The third-order valence-electron chi connectivity index (χ3n) is 2.25. The van der Waals surface area contributed by atoms with Crippen LogP contribution in [0.2, 0.25) is 0 Å². The van der Waals surface area contributed by atoms with Crippen LogP contribution in [0.25, 0.3) is 0 Å². The second-order valence-corrected chi connectivity index (χ2v) is 3.56. The predicted molar refractivity (Wildman–Crippen MR) is 64.0 cm³/mol. The van der Waals surface area contributed by atoms with Crippen LogP contribution in [0.5, 0.6) is 0 Å². The van der Waals surface area contributed by atoms with Gasteiger partial charge >= 0.3 is 0 Å². The first-order valence-electron chi connectivity index (χ1n) is 5.94. The van der Waals surface area contributed by atoms with Crippen LogP contribution in [0.4, 0.5) is 0 Å². The van der Waals surface area contributed by atoms with Gasteiger partial charge in [-0.05, 0) is 26.4 Å². The van der Waals surface area contributed by atoms with E-state index < -0.39 is 0 Å². The molecular weight excluding hydrogens is 190 g/mol. The highest BCUT2D eigenvalue weighted by Crippen LogP contribution is 1.88. The summed E-state index contributed by atoms with van der Waals surface area (Å²) in [6.45, 7) is 11.5. The molecule has 0 spiro atoms. The van der Waals surface area contributed by atoms with Crippen molar-refractivity contribution >= 4 is 5.91 Å². The lowest BCUT2D eigenvalue weighted by molar-refractivity contribution is -0.120. The SMILES string of the molecule is CCCN(CC)CCNCC(=O)NCC. The lowest BCUT2D eigenvalue weighted by Gasteiger charge is -2.19. The number of nitrogens with one attached hydrogen (secondary N) is 2. The first-order chi connectivity index (χ1) is 7.24. The van der Waals surface area contributed by atoms with Crippen molar-refractivity contribution in [3.05, 3.63) is 0 Å². The first kappa shape index (κ1) is 14.4. The number of rotatable bonds is 9. The number of nitrogens with zero attached hydrogens (tertiary/aromatic N) is 1. The van der Waals surface area contributed by atoms with Crippen molar-refractivity contribution in [3.63, 3.8) is 0 Å². The van der Waals surface area contributed by atoms with Crippen LogP contribution in [-0.4, -0.2) is 50.1 Å². The highest BCUT2D eigenvalue weighted by molar-refractivity contribution is 5.77. The van der Waals surface area contributed by atoms with E-state index in [-0.39, 0.29) is 5.91 Å². The standard InChI is InChI=1S/C11H25N3O/c1-4-8-14(6-3)9-7-12-10-11(15)13-5-2/h12H,4-10H2,1-3H3,(H,13,15). The fourth-order valence-electron chi connectivity index (χ4n) is 1.44. The number of likely N-dealkylation sites (N-methyl/N-ethyl adjacent to an activating group) is 2. The van der Waals surface area contributed by atoms with E-state index in [0.717, 1.165) is 26.2 Å². The monoisotopic (exact) mass is 215 g/mol. The third-order valence-corrected chi connectivity index (χ3v) is 2.25. The quantitative estimate of drug-likeness (QED) is 0.549. The van der Waals surface area contributed by atoms with E-state index in [2.05, 4.69) is 29.4 Å². The van der Waals surface area contributed by atoms with E-state index in [9.17, 15) is 4.79 Å². The van der Waals surface area contributed by atoms with Gasteiger partial charge in [0.05, 0.1) is 6.54 Å². The number of hydrogen-bond donors (Lipinski definition) is 2. The van der Waals surface area contributed by atoms with Gasteiger partial charge < -0.3 is 15.5 Å². The Balaban J connectivity index is 3.39. The van der Waals surface area contributed by atoms with Gasteiger partial charge in [-0.2, -0.15) is 0 Å². The average Bonchev–Trinajstić information content (AvgIpc) is 2.23. The van der Waals surface area contributed by atoms with Crippen LogP contribution in [0.15, 0.2) is 0 Å². The number of amides is 1. The molecule has 4 heteroatoms. The van der Waals surface area contributed by atoms with Crippen LogP contribution >= 0.6 is 0 Å². The van der Waals surface area contributed by atoms with Gasteiger partial charge in [-0.1, -0.05) is 13.8 Å². The van der Waals surface area contributed by atoms with Crippen molar-refractivity contribution in [1.82, 2.24) is 15.5 Å². The summed E-state index contributed by atoms with van der Waals surface area (Å²) in [6.07, 6.45) is 1.18. The summed E-state index contributed by atoms with van der Waals surface area (Å²) >= 11 is 0. The molecule has 0 unspecified atom stereocenters. The molecule has 0 saturated carbocycles. The molecule has 0 saturated heterocycles. The van der Waals surface area contributed by atoms with Gasteiger partial charge in [0.15, 0.2) is 0 Å². The Morgan fingerprint density at radius 1 is 1.20 bits per heavy atom. The van der Waals surface area contributed by atoms with Crippen molar-refractivity contribution in [3.8, 4) is 0 Å². The Morgan fingerprint density at radius 3 is 2.47 bits per heavy atom. The number of carbonyl (C=O) groups excluding carboxylic acids is 1. The van der Waals surface area contributed by atoms with Gasteiger partial charge in [0.2, 0.25) is 5.91 Å². The summed E-state index contributed by atoms with van der Waals surface area (Å²) < 4.78 is 0. The first-order valence-corrected chi connectivity index (χ1v) is 5.94. The maximum absolute atomic E-state index is 11.1.